The summed E-state index contributed by atoms with van der Waals surface area (Å²) in [6.45, 7) is 5.53. The van der Waals surface area contributed by atoms with Crippen LogP contribution in [0.15, 0.2) is 113 Å². The minimum Gasteiger partial charge on any atom is -0.448 e. The number of likely N-dealkylation sites (N-methyl/N-ethyl adjacent to an activating group) is 1. The topological polar surface area (TPSA) is 230 Å². The summed E-state index contributed by atoms with van der Waals surface area (Å²) in [5.41, 5.74) is 0.562. The molecule has 3 atom stereocenters. The van der Waals surface area contributed by atoms with E-state index in [2.05, 4.69) is 36.6 Å². The number of carbonyl (C=O) groups excluding carboxylic acids is 7. The molecule has 2 fully saturated rings. The molecule has 7 rings (SSSR count). The summed E-state index contributed by atoms with van der Waals surface area (Å²) in [6.07, 6.45) is -0.627. The zero-order valence-corrected chi connectivity index (χ0v) is 35.3. The molecule has 7 amide bonds. The molecular formula is C41H41N11O8S2. The molecule has 1 aromatic heterocycles. The van der Waals surface area contributed by atoms with E-state index >= 15 is 0 Å². The first-order valence-corrected chi connectivity index (χ1v) is 21.4. The average Bonchev–Trinajstić information content (AvgIpc) is 3.73. The van der Waals surface area contributed by atoms with Crippen LogP contribution in [0.4, 0.5) is 4.79 Å². The number of piperazine rings is 1. The molecule has 3 N–H and O–H groups in total. The van der Waals surface area contributed by atoms with Gasteiger partial charge in [0.05, 0.1) is 0 Å². The van der Waals surface area contributed by atoms with Gasteiger partial charge in [0.2, 0.25) is 23.1 Å². The predicted molar refractivity (Wildman–Crippen MR) is 225 cm³/mol. The molecule has 3 aromatic carbocycles. The molecule has 3 aliphatic rings. The van der Waals surface area contributed by atoms with Gasteiger partial charge in [-0.3, -0.25) is 33.8 Å². The van der Waals surface area contributed by atoms with Gasteiger partial charge in [0, 0.05) is 36.9 Å². The number of rotatable bonds is 15. The van der Waals surface area contributed by atoms with Crippen LogP contribution in [0.25, 0.3) is 0 Å². The SMILES string of the molecule is CCN1CCN(C(=O)NC(C(=O)N[C@]2(NC=O)C(=O)N3C(C(=O)OC(c4ccccc4)c4ccccc4)=C(CSc4nnnn4N=C(C)C)CS[C@@H]32)c2ccccc2)C(=O)C1=O. The Kier molecular flexibility index (Phi) is 13.1. The zero-order valence-electron chi connectivity index (χ0n) is 33.7. The van der Waals surface area contributed by atoms with E-state index in [0.29, 0.717) is 27.6 Å². The summed E-state index contributed by atoms with van der Waals surface area (Å²) < 4.78 is 6.28. The second-order valence-corrected chi connectivity index (χ2v) is 16.3. The van der Waals surface area contributed by atoms with Crippen molar-refractivity contribution in [3.63, 3.8) is 0 Å². The average molecular weight is 880 g/mol. The number of hydrogen-bond acceptors (Lipinski definition) is 14. The number of nitrogens with one attached hydrogen (secondary N) is 3. The maximum atomic E-state index is 14.7. The molecule has 4 heterocycles. The molecule has 0 bridgehead atoms. The number of fused-ring (bicyclic) bond motifs is 1. The summed E-state index contributed by atoms with van der Waals surface area (Å²) in [5, 5.41) is 22.9. The highest BCUT2D eigenvalue weighted by Crippen LogP contribution is 2.47. The molecule has 320 valence electrons. The number of esters is 1. The monoisotopic (exact) mass is 879 g/mol. The van der Waals surface area contributed by atoms with Gasteiger partial charge in [0.1, 0.15) is 17.1 Å². The summed E-state index contributed by atoms with van der Waals surface area (Å²) in [7, 11) is 0. The third kappa shape index (κ3) is 8.66. The second-order valence-electron chi connectivity index (χ2n) is 14.3. The number of aromatic nitrogens is 4. The minimum atomic E-state index is -2.11. The first-order chi connectivity index (χ1) is 30.0. The normalized spacial score (nSPS) is 19.0. The quantitative estimate of drug-likeness (QED) is 0.0296. The molecule has 0 radical (unpaired) electrons. The van der Waals surface area contributed by atoms with E-state index in [1.165, 1.54) is 38.1 Å². The van der Waals surface area contributed by atoms with Crippen LogP contribution in [0.3, 0.4) is 0 Å². The number of tetrazole rings is 1. The predicted octanol–water partition coefficient (Wildman–Crippen LogP) is 2.21. The fourth-order valence-corrected chi connectivity index (χ4v) is 9.48. The number of nitrogens with zero attached hydrogens (tertiary/aromatic N) is 8. The maximum Gasteiger partial charge on any atom is 0.356 e. The summed E-state index contributed by atoms with van der Waals surface area (Å²) in [6, 6.07) is 23.7. The van der Waals surface area contributed by atoms with E-state index in [4.69, 9.17) is 4.74 Å². The van der Waals surface area contributed by atoms with Crippen molar-refractivity contribution >= 4 is 71.3 Å². The van der Waals surface area contributed by atoms with Crippen molar-refractivity contribution in [2.45, 2.75) is 49.1 Å². The Balaban J connectivity index is 1.21. The number of urea groups is 1. The first-order valence-electron chi connectivity index (χ1n) is 19.4. The molecule has 0 saturated carbocycles. The lowest BCUT2D eigenvalue weighted by atomic mass is 9.94. The number of carbonyl (C=O) groups is 7. The molecule has 62 heavy (non-hydrogen) atoms. The van der Waals surface area contributed by atoms with Gasteiger partial charge in [-0.05, 0) is 53.5 Å². The van der Waals surface area contributed by atoms with Gasteiger partial charge in [-0.15, -0.1) is 16.6 Å². The van der Waals surface area contributed by atoms with Crippen molar-refractivity contribution in [1.82, 2.24) is 51.0 Å². The van der Waals surface area contributed by atoms with Crippen LogP contribution in [0.5, 0.6) is 0 Å². The highest BCUT2D eigenvalue weighted by Gasteiger charge is 2.66. The number of imide groups is 1. The van der Waals surface area contributed by atoms with Crippen molar-refractivity contribution in [1.29, 1.82) is 0 Å². The highest BCUT2D eigenvalue weighted by molar-refractivity contribution is 8.01. The van der Waals surface area contributed by atoms with Crippen molar-refractivity contribution in [3.05, 3.63) is 119 Å². The third-order valence-corrected chi connectivity index (χ3v) is 12.5. The molecular weight excluding hydrogens is 839 g/mol. The fourth-order valence-electron chi connectivity index (χ4n) is 7.09. The molecule has 0 aliphatic carbocycles. The third-order valence-electron chi connectivity index (χ3n) is 10.1. The summed E-state index contributed by atoms with van der Waals surface area (Å²) >= 11 is 2.34. The van der Waals surface area contributed by atoms with Crippen molar-refractivity contribution < 1.29 is 38.3 Å². The van der Waals surface area contributed by atoms with Crippen LogP contribution in [0.2, 0.25) is 0 Å². The lowest BCUT2D eigenvalue weighted by molar-refractivity contribution is -0.164. The Morgan fingerprint density at radius 3 is 2.16 bits per heavy atom. The van der Waals surface area contributed by atoms with Crippen LogP contribution in [0, 0.1) is 0 Å². The van der Waals surface area contributed by atoms with Crippen molar-refractivity contribution in [2.75, 3.05) is 31.1 Å². The smallest absolute Gasteiger partial charge is 0.356 e. The fraction of sp³-hybridized carbons (Fsp3) is 0.293. The van der Waals surface area contributed by atoms with Gasteiger partial charge in [0.25, 0.3) is 5.91 Å². The van der Waals surface area contributed by atoms with Crippen LogP contribution < -0.4 is 16.0 Å². The highest BCUT2D eigenvalue weighted by atomic mass is 32.2. The number of amides is 7. The van der Waals surface area contributed by atoms with Crippen LogP contribution >= 0.6 is 23.5 Å². The van der Waals surface area contributed by atoms with E-state index in [9.17, 15) is 33.6 Å². The lowest BCUT2D eigenvalue weighted by Crippen LogP contribution is -2.85. The van der Waals surface area contributed by atoms with Crippen LogP contribution in [0.1, 0.15) is 49.6 Å². The molecule has 0 spiro atoms. The number of β-lactam (4-membered cyclic amide) rings is 1. The van der Waals surface area contributed by atoms with E-state index in [1.54, 1.807) is 51.1 Å². The van der Waals surface area contributed by atoms with E-state index in [1.807, 2.05) is 60.7 Å². The minimum absolute atomic E-state index is 0.0998. The molecule has 1 unspecified atom stereocenters. The molecule has 21 heteroatoms. The van der Waals surface area contributed by atoms with Gasteiger partial charge >= 0.3 is 23.8 Å². The Bertz CT molecular complexity index is 2390. The Morgan fingerprint density at radius 2 is 1.56 bits per heavy atom. The van der Waals surface area contributed by atoms with Gasteiger partial charge < -0.3 is 25.6 Å². The number of thioether (sulfide) groups is 2. The van der Waals surface area contributed by atoms with Crippen LogP contribution in [-0.4, -0.2) is 125 Å². The Hall–Kier alpha value is -6.87. The zero-order chi connectivity index (χ0) is 44.0. The van der Waals surface area contributed by atoms with Crippen molar-refractivity contribution in [3.8, 4) is 0 Å². The van der Waals surface area contributed by atoms with Gasteiger partial charge in [-0.2, -0.15) is 5.10 Å². The van der Waals surface area contributed by atoms with Crippen molar-refractivity contribution in [2.24, 2.45) is 5.10 Å². The second kappa shape index (κ2) is 18.8. The standard InChI is InChI=1S/C41H41N11O8S2/c1-4-49-20-21-50(35(56)34(49)55)39(59)43-30(26-14-8-5-9-15-26)33(54)44-41(42-24-53)37(58)51-31(29(22-61-38(41)51)23-62-40-45-47-48-52(40)46-25(2)3)36(57)60-32(27-16-10-6-11-17-27)28-18-12-7-13-19-28/h5-19,24,30,32,38H,4,20-23H2,1-3H3,(H,42,53)(H,43,59)(H,44,54)/t30?,38-,41-/m1/s1. The Labute approximate surface area is 363 Å². The summed E-state index contributed by atoms with van der Waals surface area (Å²) in [5.74, 6) is -4.32. The molecule has 19 nitrogen and oxygen atoms in total. The maximum absolute atomic E-state index is 14.7. The number of ether oxygens (including phenoxy) is 1. The summed E-state index contributed by atoms with van der Waals surface area (Å²) in [4.78, 5) is 99.7. The number of benzene rings is 3. The Morgan fingerprint density at radius 1 is 0.935 bits per heavy atom. The lowest BCUT2D eigenvalue weighted by Gasteiger charge is -2.56. The van der Waals surface area contributed by atoms with E-state index in [-0.39, 0.29) is 48.8 Å². The van der Waals surface area contributed by atoms with Crippen LogP contribution in [-0.2, 0) is 33.5 Å². The largest absolute Gasteiger partial charge is 0.448 e. The van der Waals surface area contributed by atoms with E-state index in [0.717, 1.165) is 4.90 Å². The van der Waals surface area contributed by atoms with Gasteiger partial charge in [-0.25, -0.2) is 9.59 Å². The van der Waals surface area contributed by atoms with E-state index < -0.39 is 58.8 Å². The number of hydrogen-bond donors (Lipinski definition) is 3. The first kappa shape index (κ1) is 43.2. The molecule has 2 saturated heterocycles. The van der Waals surface area contributed by atoms with Gasteiger partial charge in [0.15, 0.2) is 6.10 Å². The van der Waals surface area contributed by atoms with Gasteiger partial charge in [-0.1, -0.05) is 108 Å². The molecule has 3 aliphatic heterocycles. The molecule has 4 aromatic rings.